The molecule has 0 aromatic carbocycles. The highest BCUT2D eigenvalue weighted by Crippen LogP contribution is 2.56. The second kappa shape index (κ2) is 10.9. The molecule has 1 aliphatic carbocycles. The summed E-state index contributed by atoms with van der Waals surface area (Å²) in [5, 5.41) is 11.1. The maximum Gasteiger partial charge on any atom is 0.473 e. The molecule has 4 aromatic rings. The predicted molar refractivity (Wildman–Crippen MR) is 151 cm³/mol. The zero-order valence-corrected chi connectivity index (χ0v) is 25.8. The molecule has 3 N–H and O–H groups in total. The van der Waals surface area contributed by atoms with Crippen molar-refractivity contribution >= 4 is 48.7 Å². The first-order valence-electron chi connectivity index (χ1n) is 13.3. The molecular weight excluding hydrogens is 665 g/mol. The Morgan fingerprint density at radius 1 is 0.889 bits per heavy atom. The van der Waals surface area contributed by atoms with Crippen LogP contribution in [0.4, 0.5) is 4.39 Å². The van der Waals surface area contributed by atoms with Crippen LogP contribution >= 0.6 is 14.5 Å². The van der Waals surface area contributed by atoms with Crippen molar-refractivity contribution in [3.8, 4) is 0 Å². The van der Waals surface area contributed by atoms with E-state index in [0.717, 1.165) is 10.9 Å². The second-order valence-corrected chi connectivity index (χ2v) is 14.9. The predicted octanol–water partition coefficient (Wildman–Crippen LogP) is -0.682. The van der Waals surface area contributed by atoms with Gasteiger partial charge in [-0.2, -0.15) is 0 Å². The summed E-state index contributed by atoms with van der Waals surface area (Å²) in [7, 11) is -2.20. The van der Waals surface area contributed by atoms with Gasteiger partial charge >= 0.3 is 14.5 Å². The number of phosphoric acid groups is 1. The number of imidazole rings is 2. The molecule has 23 heteroatoms. The fourth-order valence-electron chi connectivity index (χ4n) is 5.76. The summed E-state index contributed by atoms with van der Waals surface area (Å²) in [6.07, 6.45) is -6.94. The van der Waals surface area contributed by atoms with Gasteiger partial charge in [-0.15, -0.1) is 0 Å². The lowest BCUT2D eigenvalue weighted by atomic mass is 10.1. The van der Waals surface area contributed by atoms with Crippen molar-refractivity contribution in [2.75, 3.05) is 6.61 Å². The Kier molecular flexibility index (Phi) is 7.45. The number of phosphoric ester groups is 1. The third kappa shape index (κ3) is 5.21. The lowest BCUT2D eigenvalue weighted by Crippen LogP contribution is -2.37. The highest BCUT2D eigenvalue weighted by atomic mass is 32.5. The molecule has 45 heavy (non-hydrogen) atoms. The van der Waals surface area contributed by atoms with Crippen LogP contribution in [0.15, 0.2) is 34.9 Å². The van der Waals surface area contributed by atoms with Crippen LogP contribution in [0.3, 0.4) is 0 Å². The largest absolute Gasteiger partial charge is 0.473 e. The molecule has 0 amide bonds. The zero-order valence-electron chi connectivity index (χ0n) is 23.2. The zero-order chi connectivity index (χ0) is 32.0. The molecule has 3 fully saturated rings. The fraction of sp³-hybridized carbons (Fsp3) is 0.545. The molecule has 2 saturated heterocycles. The van der Waals surface area contributed by atoms with E-state index >= 15 is 4.39 Å². The topological polar surface area (TPSA) is 229 Å². The molecule has 19 nitrogen and oxygen atoms in total. The van der Waals surface area contributed by atoms with E-state index in [0.29, 0.717) is 0 Å². The minimum atomic E-state index is -5.15. The summed E-state index contributed by atoms with van der Waals surface area (Å²) < 4.78 is 61.8. The van der Waals surface area contributed by atoms with E-state index in [1.165, 1.54) is 46.8 Å². The van der Waals surface area contributed by atoms with Gasteiger partial charge in [0.15, 0.2) is 34.7 Å². The highest BCUT2D eigenvalue weighted by Gasteiger charge is 2.55. The van der Waals surface area contributed by atoms with Crippen molar-refractivity contribution in [2.45, 2.75) is 55.4 Å². The Labute approximate surface area is 255 Å². The lowest BCUT2D eigenvalue weighted by molar-refractivity contribution is -0.0611. The molecule has 0 radical (unpaired) electrons. The summed E-state index contributed by atoms with van der Waals surface area (Å²) in [5.41, 5.74) is -0.938. The number of hydrogen-bond donors (Lipinski definition) is 3. The SMILES string of the molecule is Cn1cnc2c(ncn2[C@@H]2C[C@@H]3OP(=O)(O)O[C@H]4[C@@H](F)[C@H](n5cnc6c(=O)n(C)cnc65)O[C@@H]4COP(O)(=S)O[C@@H]2[C@@H]3O)c1=O. The van der Waals surface area contributed by atoms with E-state index in [4.69, 9.17) is 34.6 Å². The van der Waals surface area contributed by atoms with Crippen molar-refractivity contribution in [2.24, 2.45) is 14.1 Å². The molecular formula is C22H25FN8O11P2S. The third-order valence-corrected chi connectivity index (χ3v) is 10.5. The van der Waals surface area contributed by atoms with Crippen LogP contribution in [-0.2, 0) is 53.3 Å². The molecule has 0 spiro atoms. The summed E-state index contributed by atoms with van der Waals surface area (Å²) >= 11 is 5.21. The first-order chi connectivity index (χ1) is 21.2. The number of alkyl halides is 1. The van der Waals surface area contributed by atoms with Crippen LogP contribution in [0.2, 0.25) is 0 Å². The number of ether oxygens (including phenoxy) is 1. The van der Waals surface area contributed by atoms with E-state index in [2.05, 4.69) is 19.9 Å². The number of rotatable bonds is 2. The molecule has 4 aromatic heterocycles. The van der Waals surface area contributed by atoms with Crippen molar-refractivity contribution in [1.82, 2.24) is 38.2 Å². The first kappa shape index (κ1) is 30.8. The van der Waals surface area contributed by atoms with Crippen molar-refractivity contribution in [3.05, 3.63) is 46.0 Å². The average molecular weight is 691 g/mol. The lowest BCUT2D eigenvalue weighted by Gasteiger charge is -2.30. The number of aryl methyl sites for hydroxylation is 2. The standard InChI is InChI=1S/C22H25FN8O11P2S/c1-28-5-26-18-13(20(28)33)24-7-30(18)9-3-10-15(32)16(9)42-44(37,45)38-4-11-17(41-43(35,36)40-10)12(23)22(39-11)31-8-25-14-19(31)27-6-29(2)21(14)34/h5-12,15-17,22,32H,3-4H2,1-2H3,(H,35,36)(H,37,45)/t9-,10+,11-,12-,15-,16+,17-,22-,44?/m1/s1. The molecule has 3 aliphatic rings. The monoisotopic (exact) mass is 690 g/mol. The van der Waals surface area contributed by atoms with Gasteiger partial charge in [0.05, 0.1) is 38.0 Å². The molecule has 6 heterocycles. The summed E-state index contributed by atoms with van der Waals surface area (Å²) in [6, 6.07) is -0.975. The van der Waals surface area contributed by atoms with Gasteiger partial charge in [0.25, 0.3) is 11.1 Å². The molecule has 2 bridgehead atoms. The highest BCUT2D eigenvalue weighted by molar-refractivity contribution is 8.07. The van der Waals surface area contributed by atoms with E-state index in [1.807, 2.05) is 0 Å². The number of nitrogens with zero attached hydrogens (tertiary/aromatic N) is 8. The fourth-order valence-corrected chi connectivity index (χ4v) is 8.37. The van der Waals surface area contributed by atoms with Gasteiger partial charge in [-0.05, 0) is 11.8 Å². The quantitative estimate of drug-likeness (QED) is 0.221. The Balaban J connectivity index is 1.22. The second-order valence-electron chi connectivity index (χ2n) is 10.8. The first-order valence-corrected chi connectivity index (χ1v) is 17.4. The summed E-state index contributed by atoms with van der Waals surface area (Å²) in [4.78, 5) is 63.2. The number of aliphatic hydroxyl groups excluding tert-OH is 1. The number of hydrogen-bond acceptors (Lipinski definition) is 14. The van der Waals surface area contributed by atoms with E-state index in [9.17, 15) is 29.0 Å². The normalized spacial score (nSPS) is 37.5. The van der Waals surface area contributed by atoms with E-state index in [-0.39, 0.29) is 28.7 Å². The maximum atomic E-state index is 16.0. The molecule has 7 rings (SSSR count). The van der Waals surface area contributed by atoms with Crippen LogP contribution in [0, 0.1) is 0 Å². The minimum absolute atomic E-state index is 0.00104. The van der Waals surface area contributed by atoms with Crippen molar-refractivity contribution < 1.29 is 46.7 Å². The molecule has 2 unspecified atom stereocenters. The Hall–Kier alpha value is -2.81. The average Bonchev–Trinajstić information content (AvgIpc) is 3.73. The number of fused-ring (bicyclic) bond motifs is 5. The smallest absolute Gasteiger partial charge is 0.388 e. The van der Waals surface area contributed by atoms with Gasteiger partial charge in [-0.1, -0.05) is 0 Å². The van der Waals surface area contributed by atoms with Gasteiger partial charge in [-0.3, -0.25) is 23.2 Å². The number of aliphatic hydroxyl groups is 1. The minimum Gasteiger partial charge on any atom is -0.388 e. The van der Waals surface area contributed by atoms with Gasteiger partial charge in [0.1, 0.15) is 30.5 Å². The van der Waals surface area contributed by atoms with Crippen LogP contribution in [0.5, 0.6) is 0 Å². The van der Waals surface area contributed by atoms with E-state index < -0.39 is 81.2 Å². The van der Waals surface area contributed by atoms with Gasteiger partial charge in [-0.25, -0.2) is 28.9 Å². The van der Waals surface area contributed by atoms with Gasteiger partial charge in [0, 0.05) is 20.5 Å². The third-order valence-electron chi connectivity index (χ3n) is 7.94. The molecule has 242 valence electrons. The maximum absolute atomic E-state index is 16.0. The van der Waals surface area contributed by atoms with Crippen LogP contribution in [0.25, 0.3) is 22.3 Å². The summed E-state index contributed by atoms with van der Waals surface area (Å²) in [6.45, 7) is -4.92. The van der Waals surface area contributed by atoms with Gasteiger partial charge < -0.3 is 42.4 Å². The number of halogens is 1. The number of aromatic nitrogens is 8. The molecule has 10 atom stereocenters. The van der Waals surface area contributed by atoms with Crippen molar-refractivity contribution in [3.63, 3.8) is 0 Å². The Morgan fingerprint density at radius 3 is 2.13 bits per heavy atom. The van der Waals surface area contributed by atoms with Gasteiger partial charge in [0.2, 0.25) is 0 Å². The molecule has 2 aliphatic heterocycles. The van der Waals surface area contributed by atoms with Crippen molar-refractivity contribution in [1.29, 1.82) is 0 Å². The van der Waals surface area contributed by atoms with E-state index in [1.54, 1.807) is 0 Å². The molecule has 1 saturated carbocycles. The summed E-state index contributed by atoms with van der Waals surface area (Å²) in [5.74, 6) is 0. The van der Waals surface area contributed by atoms with Crippen LogP contribution < -0.4 is 11.1 Å². The van der Waals surface area contributed by atoms with Crippen LogP contribution in [0.1, 0.15) is 18.7 Å². The Bertz CT molecular complexity index is 2040. The Morgan fingerprint density at radius 2 is 1.49 bits per heavy atom. The van der Waals surface area contributed by atoms with Crippen LogP contribution in [-0.4, -0.2) is 96.4 Å².